The number of nitrogens with zero attached hydrogens (tertiary/aromatic N) is 1. The number of hydrogen-bond acceptors (Lipinski definition) is 10. The molecule has 1 aromatic rings. The first kappa shape index (κ1) is 45.3. The molecule has 1 aromatic carbocycles. The zero-order valence-electron chi connectivity index (χ0n) is 32.3. The fourth-order valence-corrected chi connectivity index (χ4v) is 6.96. The first-order chi connectivity index (χ1) is 24.9. The van der Waals surface area contributed by atoms with Crippen LogP contribution in [0.5, 0.6) is 5.75 Å². The van der Waals surface area contributed by atoms with Gasteiger partial charge >= 0.3 is 12.1 Å². The third-order valence-corrected chi connectivity index (χ3v) is 9.84. The minimum absolute atomic E-state index is 0.0299. The SMILES string of the molecule is CSCC[C@H](C(=O)NCC(=O)N[C@@H](CC1CCCCC1)C(=O)NCCCCCC(=O)O)N(C(=O)OC(C)(C)C)C(=O)[C@@H](N)Cc1c(C)cc(O)cc1C. The quantitative estimate of drug-likeness (QED) is 0.104. The van der Waals surface area contributed by atoms with Crippen LogP contribution >= 0.6 is 11.8 Å². The molecule has 15 heteroatoms. The second kappa shape index (κ2) is 22.4. The molecule has 0 aliphatic heterocycles. The van der Waals surface area contributed by atoms with E-state index in [2.05, 4.69) is 16.0 Å². The van der Waals surface area contributed by atoms with E-state index in [-0.39, 0.29) is 36.8 Å². The van der Waals surface area contributed by atoms with Gasteiger partial charge in [-0.3, -0.25) is 24.0 Å². The second-order valence-corrected chi connectivity index (χ2v) is 15.9. The number of phenols is 1. The molecule has 0 radical (unpaired) electrons. The van der Waals surface area contributed by atoms with Crippen molar-refractivity contribution in [2.45, 2.75) is 135 Å². The van der Waals surface area contributed by atoms with Crippen LogP contribution in [0.25, 0.3) is 0 Å². The lowest BCUT2D eigenvalue weighted by Crippen LogP contribution is -2.59. The molecule has 1 fully saturated rings. The Morgan fingerprint density at radius 3 is 2.21 bits per heavy atom. The normalized spacial score (nSPS) is 15.1. The van der Waals surface area contributed by atoms with Crippen LogP contribution in [-0.4, -0.2) is 99.6 Å². The maximum Gasteiger partial charge on any atom is 0.417 e. The fraction of sp³-hybridized carbons (Fsp3) is 0.684. The second-order valence-electron chi connectivity index (χ2n) is 14.9. The number of rotatable bonds is 20. The van der Waals surface area contributed by atoms with E-state index in [1.54, 1.807) is 46.8 Å². The lowest BCUT2D eigenvalue weighted by molar-refractivity contribution is -0.141. The predicted octanol–water partition coefficient (Wildman–Crippen LogP) is 4.10. The number of unbranched alkanes of at least 4 members (excludes halogenated alkanes) is 2. The van der Waals surface area contributed by atoms with E-state index in [4.69, 9.17) is 15.6 Å². The first-order valence-electron chi connectivity index (χ1n) is 18.6. The van der Waals surface area contributed by atoms with Gasteiger partial charge in [0.2, 0.25) is 23.6 Å². The van der Waals surface area contributed by atoms with Gasteiger partial charge in [-0.15, -0.1) is 0 Å². The molecule has 1 saturated carbocycles. The first-order valence-corrected chi connectivity index (χ1v) is 20.0. The number of ether oxygens (including phenoxy) is 1. The van der Waals surface area contributed by atoms with Gasteiger partial charge in [-0.25, -0.2) is 9.69 Å². The summed E-state index contributed by atoms with van der Waals surface area (Å²) >= 11 is 1.41. The van der Waals surface area contributed by atoms with Gasteiger partial charge in [0.15, 0.2) is 0 Å². The number of aliphatic carboxylic acids is 1. The number of aromatic hydroxyl groups is 1. The van der Waals surface area contributed by atoms with Crippen molar-refractivity contribution < 1.29 is 43.7 Å². The Kier molecular flexibility index (Phi) is 19.1. The minimum atomic E-state index is -1.35. The van der Waals surface area contributed by atoms with Gasteiger partial charge in [0, 0.05) is 13.0 Å². The fourth-order valence-electron chi connectivity index (χ4n) is 6.50. The molecule has 0 spiro atoms. The number of aryl methyl sites for hydroxylation is 2. The van der Waals surface area contributed by atoms with Crippen LogP contribution in [0.1, 0.15) is 108 Å². The van der Waals surface area contributed by atoms with E-state index in [1.807, 2.05) is 6.26 Å². The average molecular weight is 764 g/mol. The van der Waals surface area contributed by atoms with E-state index in [1.165, 1.54) is 11.8 Å². The largest absolute Gasteiger partial charge is 0.508 e. The predicted molar refractivity (Wildman–Crippen MR) is 204 cm³/mol. The molecule has 1 aliphatic rings. The number of benzene rings is 1. The van der Waals surface area contributed by atoms with Crippen molar-refractivity contribution in [3.05, 3.63) is 28.8 Å². The van der Waals surface area contributed by atoms with Crippen molar-refractivity contribution in [1.29, 1.82) is 0 Å². The Morgan fingerprint density at radius 1 is 0.981 bits per heavy atom. The molecule has 14 nitrogen and oxygen atoms in total. The molecule has 53 heavy (non-hydrogen) atoms. The molecule has 7 N–H and O–H groups in total. The Balaban J connectivity index is 2.23. The number of nitrogens with two attached hydrogens (primary N) is 1. The van der Waals surface area contributed by atoms with E-state index >= 15 is 0 Å². The molecule has 0 bridgehead atoms. The molecule has 0 aromatic heterocycles. The van der Waals surface area contributed by atoms with Gasteiger partial charge in [0.1, 0.15) is 23.4 Å². The maximum absolute atomic E-state index is 14.0. The summed E-state index contributed by atoms with van der Waals surface area (Å²) in [5, 5.41) is 27.0. The minimum Gasteiger partial charge on any atom is -0.508 e. The highest BCUT2D eigenvalue weighted by Gasteiger charge is 2.40. The van der Waals surface area contributed by atoms with Crippen molar-refractivity contribution in [3.63, 3.8) is 0 Å². The maximum atomic E-state index is 14.0. The van der Waals surface area contributed by atoms with E-state index < -0.39 is 60.1 Å². The number of carbonyl (C=O) groups is 6. The van der Waals surface area contributed by atoms with E-state index in [0.717, 1.165) is 42.6 Å². The van der Waals surface area contributed by atoms with Crippen molar-refractivity contribution in [2.75, 3.05) is 25.1 Å². The van der Waals surface area contributed by atoms with Crippen molar-refractivity contribution in [1.82, 2.24) is 20.9 Å². The molecule has 298 valence electrons. The van der Waals surface area contributed by atoms with Crippen LogP contribution < -0.4 is 21.7 Å². The third kappa shape index (κ3) is 16.4. The zero-order valence-corrected chi connectivity index (χ0v) is 33.1. The van der Waals surface area contributed by atoms with Crippen molar-refractivity contribution in [2.24, 2.45) is 11.7 Å². The van der Waals surface area contributed by atoms with Gasteiger partial charge in [-0.05, 0) is 113 Å². The lowest BCUT2D eigenvalue weighted by atomic mass is 9.84. The monoisotopic (exact) mass is 763 g/mol. The van der Waals surface area contributed by atoms with Crippen LogP contribution in [0.3, 0.4) is 0 Å². The number of carbonyl (C=O) groups excluding carboxylic acids is 5. The summed E-state index contributed by atoms with van der Waals surface area (Å²) in [6, 6.07) is -0.320. The Bertz CT molecular complexity index is 1390. The summed E-state index contributed by atoms with van der Waals surface area (Å²) in [6.45, 7) is 8.29. The Labute approximate surface area is 318 Å². The van der Waals surface area contributed by atoms with Gasteiger partial charge in [0.25, 0.3) is 0 Å². The summed E-state index contributed by atoms with van der Waals surface area (Å²) in [5.74, 6) is -2.69. The molecule has 0 heterocycles. The molecule has 3 atom stereocenters. The van der Waals surface area contributed by atoms with Gasteiger partial charge in [-0.2, -0.15) is 11.8 Å². The highest BCUT2D eigenvalue weighted by molar-refractivity contribution is 7.98. The Morgan fingerprint density at radius 2 is 1.62 bits per heavy atom. The standard InChI is InChI=1S/C38H61N5O9S/c1-24-19-27(44)20-25(2)28(24)22-29(39)36(50)43(37(51)52-38(3,4)5)31(16-18-53-6)35(49)41-23-32(45)42-30(21-26-13-9-7-10-14-26)34(48)40-17-12-8-11-15-33(46)47/h19-20,26,29-31,44H,7-18,21-23,39H2,1-6H3,(H,40,48)(H,41,49)(H,42,45)(H,46,47)/t29-,30-,31+/m0/s1. The molecule has 1 aliphatic carbocycles. The summed E-state index contributed by atoms with van der Waals surface area (Å²) in [7, 11) is 0. The topological polar surface area (TPSA) is 217 Å². The van der Waals surface area contributed by atoms with Crippen LogP contribution in [0.15, 0.2) is 12.1 Å². The molecular weight excluding hydrogens is 703 g/mol. The summed E-state index contributed by atoms with van der Waals surface area (Å²) < 4.78 is 5.58. The highest BCUT2D eigenvalue weighted by Crippen LogP contribution is 2.28. The number of phenolic OH excluding ortho intramolecular Hbond substituents is 1. The number of thioether (sulfide) groups is 1. The summed E-state index contributed by atoms with van der Waals surface area (Å²) in [6.07, 6.45) is 8.24. The highest BCUT2D eigenvalue weighted by atomic mass is 32.2. The van der Waals surface area contributed by atoms with Gasteiger partial charge < -0.3 is 36.6 Å². The van der Waals surface area contributed by atoms with Gasteiger partial charge in [0.05, 0.1) is 12.6 Å². The van der Waals surface area contributed by atoms with Crippen LogP contribution in [-0.2, 0) is 35.1 Å². The molecule has 2 rings (SSSR count). The zero-order chi connectivity index (χ0) is 39.7. The average Bonchev–Trinajstić information content (AvgIpc) is 3.07. The number of carboxylic acid groups (broad SMARTS) is 1. The van der Waals surface area contributed by atoms with Gasteiger partial charge in [-0.1, -0.05) is 38.5 Å². The van der Waals surface area contributed by atoms with Crippen LogP contribution in [0.2, 0.25) is 0 Å². The number of nitrogens with one attached hydrogen (secondary N) is 3. The lowest BCUT2D eigenvalue weighted by Gasteiger charge is -2.33. The molecule has 0 saturated heterocycles. The molecular formula is C38H61N5O9S. The van der Waals surface area contributed by atoms with Crippen LogP contribution in [0, 0.1) is 19.8 Å². The number of amides is 5. The van der Waals surface area contributed by atoms with E-state index in [0.29, 0.717) is 49.1 Å². The Hall–Kier alpha value is -3.85. The molecule has 5 amide bonds. The number of hydrogen-bond donors (Lipinski definition) is 6. The smallest absolute Gasteiger partial charge is 0.417 e. The third-order valence-electron chi connectivity index (χ3n) is 9.19. The number of carboxylic acids is 1. The summed E-state index contributed by atoms with van der Waals surface area (Å²) in [4.78, 5) is 79.5. The van der Waals surface area contributed by atoms with Crippen molar-refractivity contribution in [3.8, 4) is 5.75 Å². The van der Waals surface area contributed by atoms with E-state index in [9.17, 15) is 33.9 Å². The summed E-state index contributed by atoms with van der Waals surface area (Å²) in [5.41, 5.74) is 7.56. The van der Waals surface area contributed by atoms with Crippen molar-refractivity contribution >= 4 is 47.5 Å². The number of imide groups is 1. The van der Waals surface area contributed by atoms with Crippen LogP contribution in [0.4, 0.5) is 4.79 Å². The molecule has 0 unspecified atom stereocenters.